The van der Waals surface area contributed by atoms with Gasteiger partial charge < -0.3 is 19.0 Å². The van der Waals surface area contributed by atoms with Gasteiger partial charge in [0, 0.05) is 32.2 Å². The van der Waals surface area contributed by atoms with Crippen LogP contribution in [0.25, 0.3) is 0 Å². The third-order valence-corrected chi connectivity index (χ3v) is 2.62. The molecule has 1 heterocycles. The van der Waals surface area contributed by atoms with Crippen LogP contribution in [0.3, 0.4) is 0 Å². The van der Waals surface area contributed by atoms with Crippen LogP contribution in [0, 0.1) is 11.7 Å². The summed E-state index contributed by atoms with van der Waals surface area (Å²) in [7, 11) is 1.68. The first-order chi connectivity index (χ1) is 7.74. The van der Waals surface area contributed by atoms with E-state index in [0.29, 0.717) is 13.2 Å². The van der Waals surface area contributed by atoms with E-state index in [1.54, 1.807) is 7.11 Å². The number of hydrogen-bond acceptors (Lipinski definition) is 3. The highest BCUT2D eigenvalue weighted by Crippen LogP contribution is 2.01. The molecule has 5 heteroatoms. The van der Waals surface area contributed by atoms with Crippen molar-refractivity contribution in [2.75, 3.05) is 26.9 Å². The zero-order valence-corrected chi connectivity index (χ0v) is 10.8. The van der Waals surface area contributed by atoms with Gasteiger partial charge in [0.1, 0.15) is 0 Å². The molecule has 0 radical (unpaired) electrons. The lowest BCUT2D eigenvalue weighted by atomic mass is 10.3. The normalized spacial score (nSPS) is 10.9. The molecule has 0 fully saturated rings. The Labute approximate surface area is 102 Å². The van der Waals surface area contributed by atoms with E-state index in [2.05, 4.69) is 9.55 Å². The molecule has 16 heavy (non-hydrogen) atoms. The molecule has 0 aliphatic carbocycles. The van der Waals surface area contributed by atoms with Crippen LogP contribution < -0.4 is 0 Å². The quantitative estimate of drug-likeness (QED) is 0.563. The number of unbranched alkanes of at least 4 members (excludes halogenated alkanes) is 1. The fourth-order valence-electron chi connectivity index (χ4n) is 1.46. The van der Waals surface area contributed by atoms with E-state index < -0.39 is 0 Å². The van der Waals surface area contributed by atoms with E-state index >= 15 is 0 Å². The number of methoxy groups -OCH3 is 1. The van der Waals surface area contributed by atoms with E-state index in [1.165, 1.54) is 0 Å². The van der Waals surface area contributed by atoms with Crippen molar-refractivity contribution in [2.45, 2.75) is 26.3 Å². The van der Waals surface area contributed by atoms with Gasteiger partial charge in [0.25, 0.3) is 0 Å². The lowest BCUT2D eigenvalue weighted by molar-refractivity contribution is 0.0684. The van der Waals surface area contributed by atoms with Crippen molar-refractivity contribution in [3.05, 3.63) is 16.7 Å². The molecule has 0 bridgehead atoms. The van der Waals surface area contributed by atoms with Gasteiger partial charge in [-0.15, -0.1) is 0 Å². The first-order valence-electron chi connectivity index (χ1n) is 5.57. The number of ether oxygens (including phenoxy) is 2. The third-order valence-electron chi connectivity index (χ3n) is 2.28. The molecule has 0 aliphatic heterocycles. The number of H-pyrrole nitrogens is 1. The maximum atomic E-state index is 5.38. The van der Waals surface area contributed by atoms with Crippen molar-refractivity contribution in [3.8, 4) is 0 Å². The summed E-state index contributed by atoms with van der Waals surface area (Å²) in [6.45, 7) is 5.11. The maximum absolute atomic E-state index is 5.38. The summed E-state index contributed by atoms with van der Waals surface area (Å²) in [5.74, 6) is 0. The molecular weight excluding hydrogens is 224 g/mol. The Morgan fingerprint density at radius 2 is 2.12 bits per heavy atom. The monoisotopic (exact) mass is 244 g/mol. The van der Waals surface area contributed by atoms with Crippen molar-refractivity contribution >= 4 is 12.2 Å². The minimum atomic E-state index is 0.669. The number of imidazole rings is 1. The second-order valence-electron chi connectivity index (χ2n) is 3.75. The molecule has 0 saturated heterocycles. The van der Waals surface area contributed by atoms with Crippen LogP contribution in [0.15, 0.2) is 6.20 Å². The summed E-state index contributed by atoms with van der Waals surface area (Å²) in [4.78, 5) is 3.11. The van der Waals surface area contributed by atoms with Gasteiger partial charge >= 0.3 is 0 Å². The molecule has 1 aromatic rings. The summed E-state index contributed by atoms with van der Waals surface area (Å²) in [6, 6.07) is 0. The van der Waals surface area contributed by atoms with E-state index in [-0.39, 0.29) is 0 Å². The Morgan fingerprint density at radius 3 is 2.75 bits per heavy atom. The van der Waals surface area contributed by atoms with Crippen LogP contribution in [0.4, 0.5) is 0 Å². The number of nitrogens with one attached hydrogen (secondary N) is 1. The molecular formula is C11H20N2O2S. The van der Waals surface area contributed by atoms with Gasteiger partial charge in [0.15, 0.2) is 4.77 Å². The minimum absolute atomic E-state index is 0.669. The predicted octanol–water partition coefficient (Wildman–Crippen LogP) is 2.30. The molecule has 0 saturated carbocycles. The lowest BCUT2D eigenvalue weighted by Crippen LogP contribution is -2.04. The SMILES string of the molecule is COCCOCCCCn1cc(C)[nH]c1=S. The average molecular weight is 244 g/mol. The van der Waals surface area contributed by atoms with Crippen molar-refractivity contribution in [3.63, 3.8) is 0 Å². The molecule has 0 unspecified atom stereocenters. The van der Waals surface area contributed by atoms with Crippen LogP contribution in [-0.2, 0) is 16.0 Å². The smallest absolute Gasteiger partial charge is 0.177 e. The summed E-state index contributed by atoms with van der Waals surface area (Å²) in [5.41, 5.74) is 1.11. The number of aromatic amines is 1. The Hall–Kier alpha value is -0.650. The molecule has 0 atom stereocenters. The molecule has 92 valence electrons. The molecule has 0 aromatic carbocycles. The molecule has 4 nitrogen and oxygen atoms in total. The van der Waals surface area contributed by atoms with Crippen LogP contribution in [0.2, 0.25) is 0 Å². The Balaban J connectivity index is 2.07. The van der Waals surface area contributed by atoms with Gasteiger partial charge in [-0.25, -0.2) is 0 Å². The fraction of sp³-hybridized carbons (Fsp3) is 0.727. The van der Waals surface area contributed by atoms with Gasteiger partial charge in [-0.2, -0.15) is 0 Å². The first-order valence-corrected chi connectivity index (χ1v) is 5.97. The van der Waals surface area contributed by atoms with E-state index in [0.717, 1.165) is 36.5 Å². The summed E-state index contributed by atoms with van der Waals surface area (Å²) in [6.07, 6.45) is 4.18. The van der Waals surface area contributed by atoms with Gasteiger partial charge in [-0.3, -0.25) is 0 Å². The fourth-order valence-corrected chi connectivity index (χ4v) is 1.77. The van der Waals surface area contributed by atoms with E-state index in [9.17, 15) is 0 Å². The number of nitrogens with zero attached hydrogens (tertiary/aromatic N) is 1. The number of aryl methyl sites for hydroxylation is 2. The van der Waals surface area contributed by atoms with Crippen LogP contribution in [0.1, 0.15) is 18.5 Å². The molecule has 0 aliphatic rings. The Morgan fingerprint density at radius 1 is 1.31 bits per heavy atom. The predicted molar refractivity (Wildman–Crippen MR) is 66.3 cm³/mol. The summed E-state index contributed by atoms with van der Waals surface area (Å²) >= 11 is 5.17. The Kier molecular flexibility index (Phi) is 6.37. The highest BCUT2D eigenvalue weighted by atomic mass is 32.1. The van der Waals surface area contributed by atoms with Crippen LogP contribution >= 0.6 is 12.2 Å². The van der Waals surface area contributed by atoms with Crippen LogP contribution in [0.5, 0.6) is 0 Å². The minimum Gasteiger partial charge on any atom is -0.382 e. The second kappa shape index (κ2) is 7.60. The zero-order chi connectivity index (χ0) is 11.8. The number of aromatic nitrogens is 2. The molecule has 1 N–H and O–H groups in total. The van der Waals surface area contributed by atoms with Crippen molar-refractivity contribution in [1.29, 1.82) is 0 Å². The third kappa shape index (κ3) is 4.92. The molecule has 0 amide bonds. The van der Waals surface area contributed by atoms with Crippen molar-refractivity contribution < 1.29 is 9.47 Å². The summed E-state index contributed by atoms with van der Waals surface area (Å²) in [5, 5.41) is 0. The van der Waals surface area contributed by atoms with Gasteiger partial charge in [0.2, 0.25) is 0 Å². The van der Waals surface area contributed by atoms with Crippen molar-refractivity contribution in [1.82, 2.24) is 9.55 Å². The highest BCUT2D eigenvalue weighted by Gasteiger charge is 1.96. The summed E-state index contributed by atoms with van der Waals surface area (Å²) < 4.78 is 13.1. The Bertz CT molecular complexity index is 346. The topological polar surface area (TPSA) is 39.2 Å². The van der Waals surface area contributed by atoms with Gasteiger partial charge in [-0.1, -0.05) is 0 Å². The first kappa shape index (κ1) is 13.4. The zero-order valence-electron chi connectivity index (χ0n) is 9.99. The molecule has 1 rings (SSSR count). The lowest BCUT2D eigenvalue weighted by Gasteiger charge is -2.04. The van der Waals surface area contributed by atoms with Gasteiger partial charge in [0.05, 0.1) is 13.2 Å². The average Bonchev–Trinajstić information content (AvgIpc) is 2.56. The highest BCUT2D eigenvalue weighted by molar-refractivity contribution is 7.71. The van der Waals surface area contributed by atoms with Gasteiger partial charge in [-0.05, 0) is 32.0 Å². The van der Waals surface area contributed by atoms with Crippen LogP contribution in [-0.4, -0.2) is 36.5 Å². The standard InChI is InChI=1S/C11H20N2O2S/c1-10-9-13(11(16)12-10)5-3-4-6-15-8-7-14-2/h9H,3-8H2,1-2H3,(H,12,16). The van der Waals surface area contributed by atoms with Crippen molar-refractivity contribution in [2.24, 2.45) is 0 Å². The number of rotatable bonds is 8. The molecule has 0 spiro atoms. The maximum Gasteiger partial charge on any atom is 0.177 e. The van der Waals surface area contributed by atoms with E-state index in [1.807, 2.05) is 13.1 Å². The largest absolute Gasteiger partial charge is 0.382 e. The molecule has 1 aromatic heterocycles. The number of hydrogen-bond donors (Lipinski definition) is 1. The van der Waals surface area contributed by atoms with E-state index in [4.69, 9.17) is 21.7 Å². The second-order valence-corrected chi connectivity index (χ2v) is 4.13.